The van der Waals surface area contributed by atoms with Gasteiger partial charge < -0.3 is 20.7 Å². The Labute approximate surface area is 125 Å². The molecule has 0 aromatic heterocycles. The van der Waals surface area contributed by atoms with Crippen molar-refractivity contribution in [2.24, 2.45) is 5.73 Å². The van der Waals surface area contributed by atoms with Crippen LogP contribution in [0.1, 0.15) is 32.1 Å². The second-order valence-electron chi connectivity index (χ2n) is 5.98. The van der Waals surface area contributed by atoms with E-state index < -0.39 is 0 Å². The summed E-state index contributed by atoms with van der Waals surface area (Å²) in [5.41, 5.74) is 6.60. The minimum atomic E-state index is -0.0824. The van der Waals surface area contributed by atoms with Crippen LogP contribution in [0, 0.1) is 0 Å². The van der Waals surface area contributed by atoms with Crippen molar-refractivity contribution >= 4 is 11.7 Å². The second-order valence-corrected chi connectivity index (χ2v) is 5.98. The smallest absolute Gasteiger partial charge is 0.321 e. The van der Waals surface area contributed by atoms with Gasteiger partial charge in [0.1, 0.15) is 5.75 Å². The molecule has 114 valence electrons. The predicted molar refractivity (Wildman–Crippen MR) is 82.5 cm³/mol. The summed E-state index contributed by atoms with van der Waals surface area (Å²) in [7, 11) is 0. The number of ether oxygens (including phenoxy) is 1. The van der Waals surface area contributed by atoms with Crippen molar-refractivity contribution in [3.05, 3.63) is 24.3 Å². The van der Waals surface area contributed by atoms with Gasteiger partial charge in [-0.2, -0.15) is 0 Å². The van der Waals surface area contributed by atoms with Crippen molar-refractivity contribution in [1.29, 1.82) is 0 Å². The van der Waals surface area contributed by atoms with Crippen molar-refractivity contribution in [1.82, 2.24) is 4.90 Å². The number of nitrogens with two attached hydrogens (primary N) is 1. The molecule has 21 heavy (non-hydrogen) atoms. The van der Waals surface area contributed by atoms with Gasteiger partial charge in [-0.3, -0.25) is 0 Å². The third-order valence-electron chi connectivity index (χ3n) is 4.20. The van der Waals surface area contributed by atoms with Gasteiger partial charge in [-0.25, -0.2) is 4.79 Å². The highest BCUT2D eigenvalue weighted by Crippen LogP contribution is 2.26. The lowest BCUT2D eigenvalue weighted by Crippen LogP contribution is -2.35. The molecule has 0 bridgehead atoms. The van der Waals surface area contributed by atoms with Gasteiger partial charge in [-0.15, -0.1) is 0 Å². The van der Waals surface area contributed by atoms with Crippen LogP contribution in [0.3, 0.4) is 0 Å². The van der Waals surface area contributed by atoms with Gasteiger partial charge in [0, 0.05) is 30.9 Å². The zero-order chi connectivity index (χ0) is 14.7. The van der Waals surface area contributed by atoms with Crippen molar-refractivity contribution in [3.8, 4) is 5.75 Å². The van der Waals surface area contributed by atoms with E-state index in [1.807, 2.05) is 24.3 Å². The summed E-state index contributed by atoms with van der Waals surface area (Å²) in [5, 5.41) is 2.92. The van der Waals surface area contributed by atoms with Crippen LogP contribution in [-0.2, 0) is 0 Å². The third-order valence-corrected chi connectivity index (χ3v) is 4.20. The fourth-order valence-electron chi connectivity index (χ4n) is 3.02. The summed E-state index contributed by atoms with van der Waals surface area (Å²) in [6.07, 6.45) is 5.95. The van der Waals surface area contributed by atoms with Crippen LogP contribution in [0.15, 0.2) is 24.3 Å². The van der Waals surface area contributed by atoms with Gasteiger partial charge in [0.15, 0.2) is 0 Å². The van der Waals surface area contributed by atoms with Crippen LogP contribution >= 0.6 is 0 Å². The van der Waals surface area contributed by atoms with E-state index >= 15 is 0 Å². The van der Waals surface area contributed by atoms with Gasteiger partial charge in [0.2, 0.25) is 0 Å². The molecule has 1 aromatic rings. The van der Waals surface area contributed by atoms with Crippen LogP contribution in [0.5, 0.6) is 5.75 Å². The summed E-state index contributed by atoms with van der Waals surface area (Å²) in [6, 6.07) is 7.66. The SMILES string of the molecule is NC1CCN(C(=O)Nc2cccc(OC3CCCC3)c2)C1. The van der Waals surface area contributed by atoms with E-state index in [2.05, 4.69) is 5.32 Å². The maximum atomic E-state index is 12.1. The number of amides is 2. The fraction of sp³-hybridized carbons (Fsp3) is 0.562. The van der Waals surface area contributed by atoms with E-state index in [9.17, 15) is 4.79 Å². The largest absolute Gasteiger partial charge is 0.490 e. The van der Waals surface area contributed by atoms with E-state index in [1.54, 1.807) is 4.90 Å². The molecule has 2 fully saturated rings. The molecule has 0 radical (unpaired) electrons. The normalized spacial score (nSPS) is 22.5. The van der Waals surface area contributed by atoms with Crippen molar-refractivity contribution in [2.45, 2.75) is 44.2 Å². The van der Waals surface area contributed by atoms with Crippen LogP contribution < -0.4 is 15.8 Å². The molecule has 1 unspecified atom stereocenters. The highest BCUT2D eigenvalue weighted by Gasteiger charge is 2.23. The lowest BCUT2D eigenvalue weighted by Gasteiger charge is -2.18. The van der Waals surface area contributed by atoms with Gasteiger partial charge in [-0.1, -0.05) is 6.07 Å². The first kappa shape index (κ1) is 14.2. The Kier molecular flexibility index (Phi) is 4.29. The second kappa shape index (κ2) is 6.35. The van der Waals surface area contributed by atoms with Crippen LogP contribution in [0.25, 0.3) is 0 Å². The van der Waals surface area contributed by atoms with E-state index in [0.29, 0.717) is 12.6 Å². The molecule has 1 saturated carbocycles. The number of urea groups is 1. The molecule has 1 heterocycles. The zero-order valence-electron chi connectivity index (χ0n) is 12.3. The van der Waals surface area contributed by atoms with Crippen LogP contribution in [0.4, 0.5) is 10.5 Å². The molecular formula is C16H23N3O2. The maximum absolute atomic E-state index is 12.1. The molecule has 1 aliphatic carbocycles. The number of nitrogens with one attached hydrogen (secondary N) is 1. The number of rotatable bonds is 3. The van der Waals surface area contributed by atoms with Crippen molar-refractivity contribution in [2.75, 3.05) is 18.4 Å². The Hall–Kier alpha value is -1.75. The lowest BCUT2D eigenvalue weighted by molar-refractivity contribution is 0.210. The molecule has 2 aliphatic rings. The summed E-state index contributed by atoms with van der Waals surface area (Å²) in [6.45, 7) is 1.36. The Bertz CT molecular complexity index is 500. The molecule has 3 N–H and O–H groups in total. The summed E-state index contributed by atoms with van der Waals surface area (Å²) in [5.74, 6) is 0.831. The molecule has 1 atom stereocenters. The monoisotopic (exact) mass is 289 g/mol. The van der Waals surface area contributed by atoms with E-state index in [4.69, 9.17) is 10.5 Å². The number of carbonyl (C=O) groups excluding carboxylic acids is 1. The number of likely N-dealkylation sites (tertiary alicyclic amines) is 1. The summed E-state index contributed by atoms with van der Waals surface area (Å²) < 4.78 is 5.96. The summed E-state index contributed by atoms with van der Waals surface area (Å²) >= 11 is 0. The molecule has 1 aromatic carbocycles. The average Bonchev–Trinajstić information content (AvgIpc) is 3.11. The first-order valence-electron chi connectivity index (χ1n) is 7.79. The Morgan fingerprint density at radius 3 is 2.81 bits per heavy atom. The Morgan fingerprint density at radius 1 is 1.29 bits per heavy atom. The summed E-state index contributed by atoms with van der Waals surface area (Å²) in [4.78, 5) is 13.9. The molecule has 2 amide bonds. The third kappa shape index (κ3) is 3.67. The number of benzene rings is 1. The van der Waals surface area contributed by atoms with Crippen LogP contribution in [-0.4, -0.2) is 36.2 Å². The molecular weight excluding hydrogens is 266 g/mol. The Morgan fingerprint density at radius 2 is 2.10 bits per heavy atom. The first-order chi connectivity index (χ1) is 10.2. The quantitative estimate of drug-likeness (QED) is 0.898. The van der Waals surface area contributed by atoms with Gasteiger partial charge in [-0.05, 0) is 44.2 Å². The number of anilines is 1. The number of nitrogens with zero attached hydrogens (tertiary/aromatic N) is 1. The van der Waals surface area contributed by atoms with E-state index in [0.717, 1.165) is 37.2 Å². The molecule has 1 saturated heterocycles. The molecule has 1 aliphatic heterocycles. The highest BCUT2D eigenvalue weighted by molar-refractivity contribution is 5.89. The van der Waals surface area contributed by atoms with Gasteiger partial charge in [0.05, 0.1) is 6.10 Å². The Balaban J connectivity index is 1.58. The van der Waals surface area contributed by atoms with Gasteiger partial charge >= 0.3 is 6.03 Å². The van der Waals surface area contributed by atoms with Crippen LogP contribution in [0.2, 0.25) is 0 Å². The van der Waals surface area contributed by atoms with Crippen molar-refractivity contribution < 1.29 is 9.53 Å². The highest BCUT2D eigenvalue weighted by atomic mass is 16.5. The predicted octanol–water partition coefficient (Wildman–Crippen LogP) is 2.57. The standard InChI is InChI=1S/C16H23N3O2/c17-12-8-9-19(11-12)16(20)18-13-4-3-7-15(10-13)21-14-5-1-2-6-14/h3-4,7,10,12,14H,1-2,5-6,8-9,11,17H2,(H,18,20). The first-order valence-corrected chi connectivity index (χ1v) is 7.79. The molecule has 5 heteroatoms. The van der Waals surface area contributed by atoms with E-state index in [1.165, 1.54) is 12.8 Å². The van der Waals surface area contributed by atoms with E-state index in [-0.39, 0.29) is 12.1 Å². The molecule has 0 spiro atoms. The maximum Gasteiger partial charge on any atom is 0.321 e. The number of hydrogen-bond acceptors (Lipinski definition) is 3. The molecule has 3 rings (SSSR count). The topological polar surface area (TPSA) is 67.6 Å². The number of hydrogen-bond donors (Lipinski definition) is 2. The fourth-order valence-corrected chi connectivity index (χ4v) is 3.02. The average molecular weight is 289 g/mol. The van der Waals surface area contributed by atoms with Gasteiger partial charge in [0.25, 0.3) is 0 Å². The number of carbonyl (C=O) groups is 1. The molecule has 5 nitrogen and oxygen atoms in total. The minimum Gasteiger partial charge on any atom is -0.490 e. The zero-order valence-corrected chi connectivity index (χ0v) is 12.3. The minimum absolute atomic E-state index is 0.0824. The lowest BCUT2D eigenvalue weighted by atomic mass is 10.2. The van der Waals surface area contributed by atoms with Crippen molar-refractivity contribution in [3.63, 3.8) is 0 Å².